The molecule has 0 spiro atoms. The van der Waals surface area contributed by atoms with Crippen LogP contribution < -0.4 is 5.73 Å². The maximum absolute atomic E-state index is 12.1. The summed E-state index contributed by atoms with van der Waals surface area (Å²) < 4.78 is 0. The number of nitrogens with two attached hydrogens (primary N) is 1. The van der Waals surface area contributed by atoms with Gasteiger partial charge >= 0.3 is 0 Å². The van der Waals surface area contributed by atoms with Gasteiger partial charge in [0.05, 0.1) is 0 Å². The van der Waals surface area contributed by atoms with Crippen LogP contribution >= 0.6 is 0 Å². The zero-order valence-electron chi connectivity index (χ0n) is 10.7. The van der Waals surface area contributed by atoms with Crippen LogP contribution in [0.25, 0.3) is 0 Å². The molecule has 1 aliphatic carbocycles. The van der Waals surface area contributed by atoms with Crippen LogP contribution in [-0.2, 0) is 11.2 Å². The van der Waals surface area contributed by atoms with E-state index in [9.17, 15) is 4.79 Å². The van der Waals surface area contributed by atoms with Gasteiger partial charge in [-0.2, -0.15) is 0 Å². The van der Waals surface area contributed by atoms with Gasteiger partial charge in [-0.1, -0.05) is 38.1 Å². The van der Waals surface area contributed by atoms with E-state index in [0.717, 1.165) is 18.4 Å². The van der Waals surface area contributed by atoms with Crippen molar-refractivity contribution in [1.82, 2.24) is 0 Å². The van der Waals surface area contributed by atoms with Gasteiger partial charge in [0.25, 0.3) is 0 Å². The minimum atomic E-state index is -0.170. The van der Waals surface area contributed by atoms with E-state index in [1.165, 1.54) is 5.56 Å². The fourth-order valence-electron chi connectivity index (χ4n) is 2.14. The summed E-state index contributed by atoms with van der Waals surface area (Å²) in [6, 6.07) is 8.38. The van der Waals surface area contributed by atoms with Gasteiger partial charge in [-0.3, -0.25) is 4.79 Å². The zero-order chi connectivity index (χ0) is 12.5. The third-order valence-electron chi connectivity index (χ3n) is 3.85. The third-order valence-corrected chi connectivity index (χ3v) is 3.85. The van der Waals surface area contributed by atoms with Crippen molar-refractivity contribution in [1.29, 1.82) is 0 Å². The second-order valence-corrected chi connectivity index (χ2v) is 5.48. The molecule has 1 fully saturated rings. The van der Waals surface area contributed by atoms with E-state index in [2.05, 4.69) is 38.1 Å². The molecular formula is C15H21NO. The van der Waals surface area contributed by atoms with Gasteiger partial charge in [-0.15, -0.1) is 0 Å². The predicted octanol–water partition coefficient (Wildman–Crippen LogP) is 2.66. The van der Waals surface area contributed by atoms with Crippen molar-refractivity contribution in [2.75, 3.05) is 6.54 Å². The molecule has 17 heavy (non-hydrogen) atoms. The largest absolute Gasteiger partial charge is 0.329 e. The molecule has 2 heteroatoms. The Morgan fingerprint density at radius 2 is 1.88 bits per heavy atom. The summed E-state index contributed by atoms with van der Waals surface area (Å²) in [6.07, 6.45) is 2.49. The van der Waals surface area contributed by atoms with Crippen molar-refractivity contribution >= 4 is 5.78 Å². The summed E-state index contributed by atoms with van der Waals surface area (Å²) in [4.78, 5) is 12.1. The molecule has 2 N–H and O–H groups in total. The Labute approximate surface area is 103 Å². The highest BCUT2D eigenvalue weighted by Gasteiger charge is 2.47. The molecule has 0 atom stereocenters. The smallest absolute Gasteiger partial charge is 0.144 e. The standard InChI is InChI=1S/C15H21NO/c1-11(2)13-5-3-12(4-6-13)9-14(17)15(10-16)7-8-15/h3-6,11H,7-10,16H2,1-2H3. The van der Waals surface area contributed by atoms with E-state index in [0.29, 0.717) is 24.7 Å². The molecule has 0 saturated heterocycles. The average molecular weight is 231 g/mol. The molecule has 2 nitrogen and oxygen atoms in total. The highest BCUT2D eigenvalue weighted by atomic mass is 16.1. The van der Waals surface area contributed by atoms with E-state index in [-0.39, 0.29) is 5.41 Å². The molecule has 1 aromatic rings. The zero-order valence-corrected chi connectivity index (χ0v) is 10.7. The first-order valence-electron chi connectivity index (χ1n) is 6.39. The van der Waals surface area contributed by atoms with Gasteiger partial charge in [0.1, 0.15) is 5.78 Å². The number of hydrogen-bond acceptors (Lipinski definition) is 2. The first-order chi connectivity index (χ1) is 8.07. The molecule has 0 radical (unpaired) electrons. The van der Waals surface area contributed by atoms with Crippen molar-refractivity contribution in [2.24, 2.45) is 11.1 Å². The number of ketones is 1. The van der Waals surface area contributed by atoms with Crippen LogP contribution in [0, 0.1) is 5.41 Å². The van der Waals surface area contributed by atoms with Crippen LogP contribution in [0.15, 0.2) is 24.3 Å². The topological polar surface area (TPSA) is 43.1 Å². The molecule has 0 heterocycles. The number of rotatable bonds is 5. The molecule has 0 amide bonds. The lowest BCUT2D eigenvalue weighted by molar-refractivity contribution is -0.123. The normalized spacial score (nSPS) is 17.2. The van der Waals surface area contributed by atoms with E-state index < -0.39 is 0 Å². The van der Waals surface area contributed by atoms with Crippen LogP contribution in [0.4, 0.5) is 0 Å². The Hall–Kier alpha value is -1.15. The molecule has 0 aromatic heterocycles. The SMILES string of the molecule is CC(C)c1ccc(CC(=O)C2(CN)CC2)cc1. The van der Waals surface area contributed by atoms with Gasteiger partial charge in [0.15, 0.2) is 0 Å². The summed E-state index contributed by atoms with van der Waals surface area (Å²) >= 11 is 0. The molecule has 2 rings (SSSR count). The Morgan fingerprint density at radius 1 is 1.29 bits per heavy atom. The molecule has 1 saturated carbocycles. The number of benzene rings is 1. The van der Waals surface area contributed by atoms with Crippen LogP contribution in [-0.4, -0.2) is 12.3 Å². The summed E-state index contributed by atoms with van der Waals surface area (Å²) in [5, 5.41) is 0. The lowest BCUT2D eigenvalue weighted by Gasteiger charge is -2.11. The quantitative estimate of drug-likeness (QED) is 0.846. The number of carbonyl (C=O) groups is 1. The predicted molar refractivity (Wildman–Crippen MR) is 70.0 cm³/mol. The van der Waals surface area contributed by atoms with Gasteiger partial charge in [0, 0.05) is 18.4 Å². The lowest BCUT2D eigenvalue weighted by atomic mass is 9.94. The van der Waals surface area contributed by atoms with Crippen molar-refractivity contribution in [3.8, 4) is 0 Å². The fourth-order valence-corrected chi connectivity index (χ4v) is 2.14. The Morgan fingerprint density at radius 3 is 2.29 bits per heavy atom. The minimum absolute atomic E-state index is 0.170. The van der Waals surface area contributed by atoms with E-state index in [4.69, 9.17) is 5.73 Å². The fraction of sp³-hybridized carbons (Fsp3) is 0.533. The first kappa shape index (κ1) is 12.3. The van der Waals surface area contributed by atoms with Gasteiger partial charge in [0.2, 0.25) is 0 Å². The lowest BCUT2D eigenvalue weighted by Crippen LogP contribution is -2.26. The Bertz CT molecular complexity index is 401. The second-order valence-electron chi connectivity index (χ2n) is 5.48. The number of Topliss-reactive ketones (excluding diaryl/α,β-unsaturated/α-hetero) is 1. The maximum Gasteiger partial charge on any atom is 0.144 e. The maximum atomic E-state index is 12.1. The summed E-state index contributed by atoms with van der Waals surface area (Å²) in [7, 11) is 0. The number of hydrogen-bond donors (Lipinski definition) is 1. The van der Waals surface area contributed by atoms with Crippen molar-refractivity contribution in [3.05, 3.63) is 35.4 Å². The molecule has 0 aliphatic heterocycles. The molecule has 0 bridgehead atoms. The second kappa shape index (κ2) is 4.61. The van der Waals surface area contributed by atoms with Crippen molar-refractivity contribution < 1.29 is 4.79 Å². The van der Waals surface area contributed by atoms with Gasteiger partial charge in [-0.05, 0) is 29.9 Å². The first-order valence-corrected chi connectivity index (χ1v) is 6.39. The van der Waals surface area contributed by atoms with Crippen LogP contribution in [0.1, 0.15) is 43.7 Å². The van der Waals surface area contributed by atoms with Crippen molar-refractivity contribution in [2.45, 2.75) is 39.0 Å². The van der Waals surface area contributed by atoms with Crippen molar-refractivity contribution in [3.63, 3.8) is 0 Å². The highest BCUT2D eigenvalue weighted by molar-refractivity contribution is 5.89. The van der Waals surface area contributed by atoms with Crippen LogP contribution in [0.2, 0.25) is 0 Å². The summed E-state index contributed by atoms with van der Waals surface area (Å²) in [5.74, 6) is 0.857. The average Bonchev–Trinajstić information content (AvgIpc) is 3.10. The molecule has 92 valence electrons. The summed E-state index contributed by atoms with van der Waals surface area (Å²) in [6.45, 7) is 4.86. The number of carbonyl (C=O) groups excluding carboxylic acids is 1. The van der Waals surface area contributed by atoms with Crippen LogP contribution in [0.5, 0.6) is 0 Å². The molecular weight excluding hydrogens is 210 g/mol. The molecule has 1 aliphatic rings. The van der Waals surface area contributed by atoms with E-state index in [1.54, 1.807) is 0 Å². The Balaban J connectivity index is 2.02. The van der Waals surface area contributed by atoms with E-state index in [1.807, 2.05) is 0 Å². The van der Waals surface area contributed by atoms with Gasteiger partial charge < -0.3 is 5.73 Å². The Kier molecular flexibility index (Phi) is 3.34. The van der Waals surface area contributed by atoms with Crippen LogP contribution in [0.3, 0.4) is 0 Å². The monoisotopic (exact) mass is 231 g/mol. The van der Waals surface area contributed by atoms with Gasteiger partial charge in [-0.25, -0.2) is 0 Å². The highest BCUT2D eigenvalue weighted by Crippen LogP contribution is 2.46. The van der Waals surface area contributed by atoms with E-state index >= 15 is 0 Å². The third kappa shape index (κ3) is 2.58. The molecule has 0 unspecified atom stereocenters. The summed E-state index contributed by atoms with van der Waals surface area (Å²) in [5.41, 5.74) is 7.93. The molecule has 1 aromatic carbocycles. The minimum Gasteiger partial charge on any atom is -0.329 e.